The van der Waals surface area contributed by atoms with Gasteiger partial charge in [-0.1, -0.05) is 12.1 Å². The zero-order valence-electron chi connectivity index (χ0n) is 31.7. The molecule has 0 spiro atoms. The predicted octanol–water partition coefficient (Wildman–Crippen LogP) is 8.65. The Morgan fingerprint density at radius 1 is 0.649 bits per heavy atom. The normalized spacial score (nSPS) is 18.9. The number of carbonyl (C=O) groups is 3. The van der Waals surface area contributed by atoms with Gasteiger partial charge in [-0.05, 0) is 124 Å². The Hall–Kier alpha value is -4.64. The number of hydrogen-bond acceptors (Lipinski definition) is 11. The van der Waals surface area contributed by atoms with Crippen LogP contribution in [0.5, 0.6) is 23.3 Å². The predicted molar refractivity (Wildman–Crippen MR) is 217 cm³/mol. The van der Waals surface area contributed by atoms with Crippen LogP contribution in [0.2, 0.25) is 0 Å². The highest BCUT2D eigenvalue weighted by Gasteiger charge is 2.27. The Kier molecular flexibility index (Phi) is 16.6. The molecule has 3 amide bonds. The van der Waals surface area contributed by atoms with E-state index in [9.17, 15) is 23.2 Å². The first kappa shape index (κ1) is 43.5. The van der Waals surface area contributed by atoms with Gasteiger partial charge in [-0.2, -0.15) is 0 Å². The molecule has 4 aromatic rings. The molecule has 2 saturated carbocycles. The van der Waals surface area contributed by atoms with E-state index in [1.807, 2.05) is 48.9 Å². The molecule has 0 radical (unpaired) electrons. The molecule has 0 saturated heterocycles. The lowest BCUT2D eigenvalue weighted by Crippen LogP contribution is -2.43. The molecule has 0 unspecified atom stereocenters. The highest BCUT2D eigenvalue weighted by molar-refractivity contribution is 7.98. The number of pyridine rings is 2. The Morgan fingerprint density at radius 2 is 1.05 bits per heavy atom. The Bertz CT molecular complexity index is 1980. The molecule has 17 heteroatoms. The number of rotatable bonds is 12. The molecule has 304 valence electrons. The molecule has 2 fully saturated rings. The topological polar surface area (TPSA) is 153 Å². The Labute approximate surface area is 344 Å². The van der Waals surface area contributed by atoms with E-state index < -0.39 is 23.6 Å². The number of thioether (sulfide) groups is 2. The first-order valence-corrected chi connectivity index (χ1v) is 21.2. The number of carbonyl (C=O) groups excluding carboxylic acids is 3. The zero-order chi connectivity index (χ0) is 40.7. The fraction of sp³-hybridized carbons (Fsp3) is 0.375. The summed E-state index contributed by atoms with van der Waals surface area (Å²) in [6.45, 7) is 0. The molecule has 0 atom stereocenters. The number of aromatic nitrogens is 2. The van der Waals surface area contributed by atoms with Crippen molar-refractivity contribution < 1.29 is 37.4 Å². The average Bonchev–Trinajstić information content (AvgIpc) is 3.23. The van der Waals surface area contributed by atoms with Crippen molar-refractivity contribution >= 4 is 53.2 Å². The fourth-order valence-corrected chi connectivity index (χ4v) is 7.49. The molecular formula is C40H45ClF2N6O6S2. The van der Waals surface area contributed by atoms with Crippen LogP contribution < -0.4 is 30.3 Å². The van der Waals surface area contributed by atoms with Crippen LogP contribution in [0, 0.1) is 11.6 Å². The average molecular weight is 843 g/mol. The summed E-state index contributed by atoms with van der Waals surface area (Å²) < 4.78 is 43.7. The summed E-state index contributed by atoms with van der Waals surface area (Å²) in [7, 11) is 1.32. The SMILES string of the molecule is COC(=O)NC1CCC(NC(=O)c2cc(F)cnc2Oc2cccc(SC)c2)CC1.CSc1cccc(Oc2ncc(F)cc2C(=O)NC2CCC(NCl)CC2)c1. The maximum absolute atomic E-state index is 13.8. The number of amides is 3. The standard InChI is InChI=1S/C21H24FN3O4S.C19H21ClFN3O2S/c1-28-21(27)25-15-8-6-14(7-9-15)24-19(26)18-10-13(22)12-23-20(18)29-16-4-3-5-17(11-16)30-2;1-27-16-4-2-3-15(10-16)26-19-17(9-12(21)11-22-19)18(25)23-13-5-7-14(24-20)8-6-13/h3-5,10-12,14-15H,6-9H2,1-2H3,(H,24,26)(H,25,27);2-4,9-11,13-14,24H,5-8H2,1H3,(H,23,25). The van der Waals surface area contributed by atoms with Crippen molar-refractivity contribution in [2.45, 2.75) is 85.3 Å². The third kappa shape index (κ3) is 13.2. The number of nitrogens with zero attached hydrogens (tertiary/aromatic N) is 2. The molecule has 6 rings (SSSR count). The minimum atomic E-state index is -0.614. The summed E-state index contributed by atoms with van der Waals surface area (Å²) in [5, 5.41) is 8.65. The highest BCUT2D eigenvalue weighted by atomic mass is 35.5. The third-order valence-electron chi connectivity index (χ3n) is 9.42. The van der Waals surface area contributed by atoms with Crippen molar-refractivity contribution in [2.75, 3.05) is 19.6 Å². The van der Waals surface area contributed by atoms with Crippen molar-refractivity contribution in [2.24, 2.45) is 0 Å². The monoisotopic (exact) mass is 842 g/mol. The van der Waals surface area contributed by atoms with Gasteiger partial charge in [0, 0.05) is 34.0 Å². The minimum absolute atomic E-state index is 0.0176. The van der Waals surface area contributed by atoms with Gasteiger partial charge >= 0.3 is 6.09 Å². The molecule has 2 aliphatic rings. The van der Waals surface area contributed by atoms with Gasteiger partial charge in [0.2, 0.25) is 11.8 Å². The quantitative estimate of drug-likeness (QED) is 0.0801. The molecule has 2 aromatic carbocycles. The van der Waals surface area contributed by atoms with Crippen LogP contribution in [0.3, 0.4) is 0 Å². The van der Waals surface area contributed by atoms with Gasteiger partial charge in [0.05, 0.1) is 19.5 Å². The number of hydrogen-bond donors (Lipinski definition) is 4. The molecule has 2 aromatic heterocycles. The van der Waals surface area contributed by atoms with E-state index in [1.165, 1.54) is 7.11 Å². The van der Waals surface area contributed by atoms with Crippen LogP contribution in [-0.4, -0.2) is 71.7 Å². The van der Waals surface area contributed by atoms with E-state index in [0.29, 0.717) is 37.2 Å². The summed E-state index contributed by atoms with van der Waals surface area (Å²) in [6, 6.07) is 17.3. The van der Waals surface area contributed by atoms with Gasteiger partial charge in [-0.25, -0.2) is 28.4 Å². The van der Waals surface area contributed by atoms with Crippen LogP contribution in [0.15, 0.2) is 82.8 Å². The van der Waals surface area contributed by atoms with Crippen molar-refractivity contribution in [3.8, 4) is 23.3 Å². The second kappa shape index (κ2) is 21.8. The number of halogens is 3. The van der Waals surface area contributed by atoms with Crippen molar-refractivity contribution in [3.63, 3.8) is 0 Å². The lowest BCUT2D eigenvalue weighted by Gasteiger charge is -2.29. The molecule has 2 aliphatic carbocycles. The van der Waals surface area contributed by atoms with Crippen molar-refractivity contribution in [1.82, 2.24) is 30.8 Å². The smallest absolute Gasteiger partial charge is 0.407 e. The van der Waals surface area contributed by atoms with E-state index >= 15 is 0 Å². The molecular weight excluding hydrogens is 798 g/mol. The number of ether oxygens (including phenoxy) is 3. The van der Waals surface area contributed by atoms with E-state index in [1.54, 1.807) is 35.7 Å². The molecule has 2 heterocycles. The first-order chi connectivity index (χ1) is 27.6. The summed E-state index contributed by atoms with van der Waals surface area (Å²) in [5.74, 6) is -0.830. The second-order valence-corrected chi connectivity index (χ2v) is 15.3. The maximum Gasteiger partial charge on any atom is 0.407 e. The summed E-state index contributed by atoms with van der Waals surface area (Å²) in [5.41, 5.74) is 0.126. The van der Waals surface area contributed by atoms with Crippen molar-refractivity contribution in [3.05, 3.63) is 95.8 Å². The van der Waals surface area contributed by atoms with Gasteiger partial charge in [0.25, 0.3) is 11.8 Å². The molecule has 12 nitrogen and oxygen atoms in total. The van der Waals surface area contributed by atoms with Crippen LogP contribution in [0.4, 0.5) is 13.6 Å². The Balaban J connectivity index is 0.000000219. The molecule has 0 aliphatic heterocycles. The highest BCUT2D eigenvalue weighted by Crippen LogP contribution is 2.30. The summed E-state index contributed by atoms with van der Waals surface area (Å²) in [6.07, 6.45) is 11.7. The van der Waals surface area contributed by atoms with Crippen molar-refractivity contribution in [1.29, 1.82) is 0 Å². The first-order valence-electron chi connectivity index (χ1n) is 18.3. The Morgan fingerprint density at radius 3 is 1.44 bits per heavy atom. The summed E-state index contributed by atoms with van der Waals surface area (Å²) >= 11 is 8.80. The summed E-state index contributed by atoms with van der Waals surface area (Å²) in [4.78, 5) is 49.5. The van der Waals surface area contributed by atoms with Crippen LogP contribution in [0.25, 0.3) is 0 Å². The number of alkyl carbamates (subject to hydrolysis) is 1. The fourth-order valence-electron chi connectivity index (χ4n) is 6.37. The van der Waals surface area contributed by atoms with Crippen LogP contribution in [-0.2, 0) is 4.74 Å². The van der Waals surface area contributed by atoms with E-state index in [-0.39, 0.29) is 53.0 Å². The van der Waals surface area contributed by atoms with E-state index in [4.69, 9.17) is 21.3 Å². The van der Waals surface area contributed by atoms with Gasteiger partial charge in [0.15, 0.2) is 0 Å². The van der Waals surface area contributed by atoms with Gasteiger partial charge in [-0.3, -0.25) is 9.59 Å². The number of benzene rings is 2. The molecule has 57 heavy (non-hydrogen) atoms. The maximum atomic E-state index is 13.8. The zero-order valence-corrected chi connectivity index (χ0v) is 34.1. The largest absolute Gasteiger partial charge is 0.453 e. The number of methoxy groups -OCH3 is 1. The third-order valence-corrected chi connectivity index (χ3v) is 11.2. The van der Waals surface area contributed by atoms with Crippen LogP contribution >= 0.6 is 35.3 Å². The van der Waals surface area contributed by atoms with E-state index in [2.05, 4.69) is 35.5 Å². The lowest BCUT2D eigenvalue weighted by atomic mass is 9.91. The molecule has 4 N–H and O–H groups in total. The number of nitrogens with one attached hydrogen (secondary N) is 4. The minimum Gasteiger partial charge on any atom is -0.453 e. The van der Waals surface area contributed by atoms with Gasteiger partial charge in [-0.15, -0.1) is 23.5 Å². The van der Waals surface area contributed by atoms with Crippen LogP contribution in [0.1, 0.15) is 72.1 Å². The van der Waals surface area contributed by atoms with E-state index in [0.717, 1.165) is 60.0 Å². The second-order valence-electron chi connectivity index (χ2n) is 13.4. The lowest BCUT2D eigenvalue weighted by molar-refractivity contribution is 0.0912. The van der Waals surface area contributed by atoms with Gasteiger partial charge < -0.3 is 30.2 Å². The van der Waals surface area contributed by atoms with Gasteiger partial charge in [0.1, 0.15) is 34.3 Å². The molecule has 0 bridgehead atoms.